The fourth-order valence-electron chi connectivity index (χ4n) is 1.76. The molecule has 1 N–H and O–H groups in total. The van der Waals surface area contributed by atoms with E-state index < -0.39 is 0 Å². The van der Waals surface area contributed by atoms with Gasteiger partial charge in [-0.1, -0.05) is 17.9 Å². The third kappa shape index (κ3) is 3.23. The molecule has 0 spiro atoms. The zero-order chi connectivity index (χ0) is 12.1. The number of ether oxygens (including phenoxy) is 2. The molecule has 1 unspecified atom stereocenters. The van der Waals surface area contributed by atoms with Crippen molar-refractivity contribution in [2.45, 2.75) is 19.4 Å². The van der Waals surface area contributed by atoms with E-state index in [1.165, 1.54) is 0 Å². The maximum atomic E-state index is 8.74. The van der Waals surface area contributed by atoms with Crippen LogP contribution in [-0.4, -0.2) is 31.0 Å². The molecule has 2 rings (SSSR count). The molecule has 1 aliphatic heterocycles. The van der Waals surface area contributed by atoms with Crippen molar-refractivity contribution in [3.63, 3.8) is 0 Å². The lowest BCUT2D eigenvalue weighted by Crippen LogP contribution is -2.16. The van der Waals surface area contributed by atoms with Crippen LogP contribution in [0.2, 0.25) is 0 Å². The van der Waals surface area contributed by atoms with Gasteiger partial charge >= 0.3 is 0 Å². The van der Waals surface area contributed by atoms with E-state index in [2.05, 4.69) is 11.8 Å². The van der Waals surface area contributed by atoms with E-state index in [0.29, 0.717) is 6.61 Å². The summed E-state index contributed by atoms with van der Waals surface area (Å²) in [6.45, 7) is 3.27. The lowest BCUT2D eigenvalue weighted by molar-refractivity contribution is 0.141. The van der Waals surface area contributed by atoms with Gasteiger partial charge in [0.05, 0.1) is 18.8 Å². The quantitative estimate of drug-likeness (QED) is 0.785. The van der Waals surface area contributed by atoms with Gasteiger partial charge in [-0.2, -0.15) is 0 Å². The molecule has 1 atom stereocenters. The van der Waals surface area contributed by atoms with Gasteiger partial charge in [0.2, 0.25) is 0 Å². The summed E-state index contributed by atoms with van der Waals surface area (Å²) >= 11 is 0. The SMILES string of the molecule is Cc1ccc(OC2CCOC2)c(C#CCO)c1. The Hall–Kier alpha value is -1.50. The summed E-state index contributed by atoms with van der Waals surface area (Å²) < 4.78 is 11.1. The Bertz CT molecular complexity index is 437. The van der Waals surface area contributed by atoms with E-state index in [0.717, 1.165) is 29.9 Å². The summed E-state index contributed by atoms with van der Waals surface area (Å²) in [5, 5.41) is 8.74. The second kappa shape index (κ2) is 5.72. The summed E-state index contributed by atoms with van der Waals surface area (Å²) in [7, 11) is 0. The molecule has 3 nitrogen and oxygen atoms in total. The molecule has 0 saturated carbocycles. The average molecular weight is 232 g/mol. The van der Waals surface area contributed by atoms with Gasteiger partial charge < -0.3 is 14.6 Å². The highest BCUT2D eigenvalue weighted by Gasteiger charge is 2.18. The van der Waals surface area contributed by atoms with Crippen molar-refractivity contribution in [2.24, 2.45) is 0 Å². The molecule has 1 aliphatic rings. The number of aliphatic hydroxyl groups is 1. The predicted octanol–water partition coefficient (Wildman–Crippen LogP) is 1.51. The van der Waals surface area contributed by atoms with E-state index in [4.69, 9.17) is 14.6 Å². The zero-order valence-corrected chi connectivity index (χ0v) is 9.90. The summed E-state index contributed by atoms with van der Waals surface area (Å²) in [6, 6.07) is 5.89. The second-order valence-corrected chi connectivity index (χ2v) is 4.06. The maximum Gasteiger partial charge on any atom is 0.135 e. The standard InChI is InChI=1S/C14H16O3/c1-11-4-5-14(12(9-11)3-2-7-15)17-13-6-8-16-10-13/h4-5,9,13,15H,6-8,10H2,1H3. The topological polar surface area (TPSA) is 38.7 Å². The van der Waals surface area contributed by atoms with Gasteiger partial charge in [-0.05, 0) is 24.6 Å². The summed E-state index contributed by atoms with van der Waals surface area (Å²) in [5.41, 5.74) is 1.95. The molecule has 1 aromatic rings. The molecule has 1 saturated heterocycles. The van der Waals surface area contributed by atoms with Crippen LogP contribution in [0.5, 0.6) is 5.75 Å². The van der Waals surface area contributed by atoms with Crippen molar-refractivity contribution in [2.75, 3.05) is 19.8 Å². The summed E-state index contributed by atoms with van der Waals surface area (Å²) in [6.07, 6.45) is 1.04. The fourth-order valence-corrected chi connectivity index (χ4v) is 1.76. The smallest absolute Gasteiger partial charge is 0.135 e. The van der Waals surface area contributed by atoms with E-state index in [9.17, 15) is 0 Å². The van der Waals surface area contributed by atoms with Gasteiger partial charge in [-0.25, -0.2) is 0 Å². The van der Waals surface area contributed by atoms with Crippen LogP contribution in [0.15, 0.2) is 18.2 Å². The van der Waals surface area contributed by atoms with Gasteiger partial charge in [-0.15, -0.1) is 0 Å². The Morgan fingerprint density at radius 2 is 2.41 bits per heavy atom. The van der Waals surface area contributed by atoms with E-state index in [-0.39, 0.29) is 12.7 Å². The first-order chi connectivity index (χ1) is 8.29. The number of hydrogen-bond donors (Lipinski definition) is 1. The number of aryl methyl sites for hydroxylation is 1. The second-order valence-electron chi connectivity index (χ2n) is 4.06. The van der Waals surface area contributed by atoms with Crippen molar-refractivity contribution >= 4 is 0 Å². The molecular formula is C14H16O3. The van der Waals surface area contributed by atoms with Crippen LogP contribution in [0, 0.1) is 18.8 Å². The van der Waals surface area contributed by atoms with Crippen molar-refractivity contribution in [1.29, 1.82) is 0 Å². The highest BCUT2D eigenvalue weighted by molar-refractivity contribution is 5.48. The Morgan fingerprint density at radius 1 is 1.53 bits per heavy atom. The number of hydrogen-bond acceptors (Lipinski definition) is 3. The predicted molar refractivity (Wildman–Crippen MR) is 65.0 cm³/mol. The van der Waals surface area contributed by atoms with Crippen LogP contribution >= 0.6 is 0 Å². The van der Waals surface area contributed by atoms with Crippen LogP contribution in [0.4, 0.5) is 0 Å². The largest absolute Gasteiger partial charge is 0.487 e. The Labute approximate surface area is 101 Å². The Morgan fingerprint density at radius 3 is 3.12 bits per heavy atom. The zero-order valence-electron chi connectivity index (χ0n) is 9.90. The summed E-state index contributed by atoms with van der Waals surface area (Å²) in [4.78, 5) is 0. The van der Waals surface area contributed by atoms with Crippen LogP contribution in [0.1, 0.15) is 17.5 Å². The molecule has 1 heterocycles. The molecule has 0 radical (unpaired) electrons. The van der Waals surface area contributed by atoms with Crippen LogP contribution < -0.4 is 4.74 Å². The molecule has 1 aromatic carbocycles. The van der Waals surface area contributed by atoms with Crippen LogP contribution in [0.25, 0.3) is 0 Å². The molecular weight excluding hydrogens is 216 g/mol. The normalized spacial score (nSPS) is 18.6. The highest BCUT2D eigenvalue weighted by atomic mass is 16.5. The number of aliphatic hydroxyl groups excluding tert-OH is 1. The lowest BCUT2D eigenvalue weighted by atomic mass is 10.1. The van der Waals surface area contributed by atoms with E-state index >= 15 is 0 Å². The van der Waals surface area contributed by atoms with E-state index in [1.54, 1.807) is 0 Å². The average Bonchev–Trinajstić information content (AvgIpc) is 2.82. The minimum Gasteiger partial charge on any atom is -0.487 e. The molecule has 0 aromatic heterocycles. The first-order valence-electron chi connectivity index (χ1n) is 5.74. The van der Waals surface area contributed by atoms with Crippen molar-refractivity contribution in [1.82, 2.24) is 0 Å². The minimum atomic E-state index is -0.139. The van der Waals surface area contributed by atoms with Crippen molar-refractivity contribution in [3.05, 3.63) is 29.3 Å². The molecule has 1 fully saturated rings. The highest BCUT2D eigenvalue weighted by Crippen LogP contribution is 2.22. The molecule has 90 valence electrons. The molecule has 0 aliphatic carbocycles. The fraction of sp³-hybridized carbons (Fsp3) is 0.429. The Balaban J connectivity index is 2.19. The third-order valence-corrected chi connectivity index (χ3v) is 2.62. The van der Waals surface area contributed by atoms with Crippen molar-refractivity contribution < 1.29 is 14.6 Å². The lowest BCUT2D eigenvalue weighted by Gasteiger charge is -2.13. The maximum absolute atomic E-state index is 8.74. The number of rotatable bonds is 2. The van der Waals surface area contributed by atoms with E-state index in [1.807, 2.05) is 25.1 Å². The molecule has 0 amide bonds. The first kappa shape index (κ1) is 12.0. The van der Waals surface area contributed by atoms with Gasteiger partial charge in [0.1, 0.15) is 18.5 Å². The number of benzene rings is 1. The monoisotopic (exact) mass is 232 g/mol. The van der Waals surface area contributed by atoms with Gasteiger partial charge in [0.15, 0.2) is 0 Å². The van der Waals surface area contributed by atoms with Gasteiger partial charge in [-0.3, -0.25) is 0 Å². The molecule has 17 heavy (non-hydrogen) atoms. The van der Waals surface area contributed by atoms with Crippen LogP contribution in [0.3, 0.4) is 0 Å². The first-order valence-corrected chi connectivity index (χ1v) is 5.74. The minimum absolute atomic E-state index is 0.118. The van der Waals surface area contributed by atoms with Gasteiger partial charge in [0.25, 0.3) is 0 Å². The molecule has 0 bridgehead atoms. The van der Waals surface area contributed by atoms with Crippen molar-refractivity contribution in [3.8, 4) is 17.6 Å². The summed E-state index contributed by atoms with van der Waals surface area (Å²) in [5.74, 6) is 6.33. The third-order valence-electron chi connectivity index (χ3n) is 2.62. The van der Waals surface area contributed by atoms with Crippen LogP contribution in [-0.2, 0) is 4.74 Å². The van der Waals surface area contributed by atoms with Gasteiger partial charge in [0, 0.05) is 6.42 Å². The molecule has 3 heteroatoms. The Kier molecular flexibility index (Phi) is 4.03.